The zero-order valence-corrected chi connectivity index (χ0v) is 17.7. The van der Waals surface area contributed by atoms with E-state index < -0.39 is 0 Å². The maximum Gasteiger partial charge on any atom is 0.271 e. The van der Waals surface area contributed by atoms with Crippen molar-refractivity contribution in [2.75, 3.05) is 21.3 Å². The molecule has 1 amide bonds. The highest BCUT2D eigenvalue weighted by atomic mass is 16.5. The van der Waals surface area contributed by atoms with Crippen LogP contribution in [0.2, 0.25) is 0 Å². The van der Waals surface area contributed by atoms with Gasteiger partial charge in [0.05, 0.1) is 39.7 Å². The number of carbonyl (C=O) groups is 1. The fourth-order valence-corrected chi connectivity index (χ4v) is 3.62. The Kier molecular flexibility index (Phi) is 5.84. The van der Waals surface area contributed by atoms with Crippen molar-refractivity contribution in [2.45, 2.75) is 13.1 Å². The minimum atomic E-state index is -0.167. The normalized spacial score (nSPS) is 10.8. The van der Waals surface area contributed by atoms with E-state index in [9.17, 15) is 4.79 Å². The number of amides is 1. The van der Waals surface area contributed by atoms with Crippen molar-refractivity contribution in [1.82, 2.24) is 9.88 Å². The summed E-state index contributed by atoms with van der Waals surface area (Å²) in [6.07, 6.45) is 1.60. The van der Waals surface area contributed by atoms with E-state index in [0.717, 1.165) is 10.9 Å². The number of aromatic nitrogens is 1. The number of H-pyrrole nitrogens is 1. The van der Waals surface area contributed by atoms with Gasteiger partial charge in [0, 0.05) is 18.0 Å². The first kappa shape index (κ1) is 20.4. The number of methoxy groups -OCH3 is 3. The lowest BCUT2D eigenvalue weighted by molar-refractivity contribution is 0.0712. The van der Waals surface area contributed by atoms with Gasteiger partial charge in [-0.15, -0.1) is 0 Å². The van der Waals surface area contributed by atoms with Crippen molar-refractivity contribution in [2.24, 2.45) is 0 Å². The summed E-state index contributed by atoms with van der Waals surface area (Å²) in [7, 11) is 4.70. The minimum absolute atomic E-state index is 0.167. The lowest BCUT2D eigenvalue weighted by Crippen LogP contribution is -2.30. The molecule has 0 spiro atoms. The average molecular weight is 420 g/mol. The summed E-state index contributed by atoms with van der Waals surface area (Å²) >= 11 is 0. The quantitative estimate of drug-likeness (QED) is 0.450. The number of ether oxygens (including phenoxy) is 3. The standard InChI is InChI=1S/C24H24N2O5/c1-28-20-13-21(29-2)23(30-3)22-18(20)12-19(25-22)24(27)26(15-17-10-7-11-31-17)14-16-8-5-4-6-9-16/h4-13,25H,14-15H2,1-3H3. The van der Waals surface area contributed by atoms with E-state index in [2.05, 4.69) is 4.98 Å². The van der Waals surface area contributed by atoms with Gasteiger partial charge in [-0.3, -0.25) is 4.79 Å². The molecule has 2 aromatic carbocycles. The largest absolute Gasteiger partial charge is 0.496 e. The average Bonchev–Trinajstić information content (AvgIpc) is 3.47. The van der Waals surface area contributed by atoms with Crippen LogP contribution < -0.4 is 14.2 Å². The van der Waals surface area contributed by atoms with Gasteiger partial charge in [-0.1, -0.05) is 30.3 Å². The number of fused-ring (bicyclic) bond motifs is 1. The number of hydrogen-bond acceptors (Lipinski definition) is 5. The Bertz CT molecular complexity index is 1170. The molecule has 0 fully saturated rings. The highest BCUT2D eigenvalue weighted by molar-refractivity contribution is 6.02. The van der Waals surface area contributed by atoms with Gasteiger partial charge in [0.2, 0.25) is 0 Å². The van der Waals surface area contributed by atoms with E-state index in [1.807, 2.05) is 42.5 Å². The molecule has 2 heterocycles. The van der Waals surface area contributed by atoms with Crippen LogP contribution in [-0.2, 0) is 13.1 Å². The van der Waals surface area contributed by atoms with Crippen LogP contribution in [0.4, 0.5) is 0 Å². The van der Waals surface area contributed by atoms with Crippen LogP contribution in [-0.4, -0.2) is 37.1 Å². The third kappa shape index (κ3) is 4.07. The molecule has 0 unspecified atom stereocenters. The maximum atomic E-state index is 13.5. The first-order chi connectivity index (χ1) is 15.1. The number of furan rings is 1. The van der Waals surface area contributed by atoms with E-state index in [1.54, 1.807) is 44.6 Å². The molecule has 160 valence electrons. The van der Waals surface area contributed by atoms with Crippen molar-refractivity contribution in [3.8, 4) is 17.2 Å². The molecule has 2 aromatic heterocycles. The monoisotopic (exact) mass is 420 g/mol. The molecule has 0 radical (unpaired) electrons. The summed E-state index contributed by atoms with van der Waals surface area (Å²) in [6, 6.07) is 17.0. The van der Waals surface area contributed by atoms with E-state index >= 15 is 0 Å². The molecule has 31 heavy (non-hydrogen) atoms. The molecule has 0 aliphatic rings. The third-order valence-electron chi connectivity index (χ3n) is 5.10. The number of nitrogens with zero attached hydrogens (tertiary/aromatic N) is 1. The Morgan fingerprint density at radius 1 is 0.935 bits per heavy atom. The van der Waals surface area contributed by atoms with E-state index in [4.69, 9.17) is 18.6 Å². The topological polar surface area (TPSA) is 76.9 Å². The Hall–Kier alpha value is -3.87. The molecule has 0 atom stereocenters. The van der Waals surface area contributed by atoms with E-state index in [-0.39, 0.29) is 5.91 Å². The highest BCUT2D eigenvalue weighted by Crippen LogP contribution is 2.41. The van der Waals surface area contributed by atoms with Crippen molar-refractivity contribution >= 4 is 16.8 Å². The van der Waals surface area contributed by atoms with Gasteiger partial charge in [0.1, 0.15) is 17.2 Å². The second kappa shape index (κ2) is 8.87. The Labute approximate surface area is 180 Å². The molecular formula is C24H24N2O5. The Morgan fingerprint density at radius 2 is 1.71 bits per heavy atom. The first-order valence-electron chi connectivity index (χ1n) is 9.81. The number of aromatic amines is 1. The molecular weight excluding hydrogens is 396 g/mol. The molecule has 0 aliphatic heterocycles. The zero-order chi connectivity index (χ0) is 21.8. The van der Waals surface area contributed by atoms with Crippen LogP contribution >= 0.6 is 0 Å². The van der Waals surface area contributed by atoms with Gasteiger partial charge < -0.3 is 28.5 Å². The number of benzene rings is 2. The fraction of sp³-hybridized carbons (Fsp3) is 0.208. The minimum Gasteiger partial charge on any atom is -0.496 e. The summed E-state index contributed by atoms with van der Waals surface area (Å²) in [6.45, 7) is 0.779. The van der Waals surface area contributed by atoms with Gasteiger partial charge in [0.25, 0.3) is 5.91 Å². The van der Waals surface area contributed by atoms with Crippen molar-refractivity contribution in [1.29, 1.82) is 0 Å². The summed E-state index contributed by atoms with van der Waals surface area (Å²) in [4.78, 5) is 18.5. The zero-order valence-electron chi connectivity index (χ0n) is 17.7. The van der Waals surface area contributed by atoms with Crippen LogP contribution in [0.1, 0.15) is 21.8 Å². The van der Waals surface area contributed by atoms with E-state index in [1.165, 1.54) is 0 Å². The third-order valence-corrected chi connectivity index (χ3v) is 5.10. The van der Waals surface area contributed by atoms with E-state index in [0.29, 0.717) is 47.3 Å². The number of nitrogens with one attached hydrogen (secondary N) is 1. The second-order valence-electron chi connectivity index (χ2n) is 7.01. The van der Waals surface area contributed by atoms with Gasteiger partial charge >= 0.3 is 0 Å². The maximum absolute atomic E-state index is 13.5. The molecule has 0 bridgehead atoms. The molecule has 0 saturated heterocycles. The van der Waals surface area contributed by atoms with Crippen molar-refractivity contribution in [3.05, 3.63) is 77.9 Å². The molecule has 4 rings (SSSR count). The summed E-state index contributed by atoms with van der Waals surface area (Å²) in [5.74, 6) is 2.16. The predicted molar refractivity (Wildman–Crippen MR) is 117 cm³/mol. The van der Waals surface area contributed by atoms with Crippen LogP contribution in [0.5, 0.6) is 17.2 Å². The Morgan fingerprint density at radius 3 is 2.35 bits per heavy atom. The van der Waals surface area contributed by atoms with Gasteiger partial charge in [0.15, 0.2) is 11.5 Å². The predicted octanol–water partition coefficient (Wildman–Crippen LogP) is 4.63. The van der Waals surface area contributed by atoms with Crippen LogP contribution in [0.3, 0.4) is 0 Å². The SMILES string of the molecule is COc1cc(OC)c2cc(C(=O)N(Cc3ccccc3)Cc3ccco3)[nH]c2c1OC. The van der Waals surface area contributed by atoms with Gasteiger partial charge in [-0.05, 0) is 23.8 Å². The Balaban J connectivity index is 1.75. The van der Waals surface area contributed by atoms with Crippen molar-refractivity contribution in [3.63, 3.8) is 0 Å². The highest BCUT2D eigenvalue weighted by Gasteiger charge is 2.23. The molecule has 7 heteroatoms. The van der Waals surface area contributed by atoms with Crippen molar-refractivity contribution < 1.29 is 23.4 Å². The summed E-state index contributed by atoms with van der Waals surface area (Å²) in [5.41, 5.74) is 2.08. The molecule has 4 aromatic rings. The lowest BCUT2D eigenvalue weighted by Gasteiger charge is -2.21. The van der Waals surface area contributed by atoms with Gasteiger partial charge in [-0.25, -0.2) is 0 Å². The van der Waals surface area contributed by atoms with Crippen LogP contribution in [0.25, 0.3) is 10.9 Å². The smallest absolute Gasteiger partial charge is 0.271 e. The van der Waals surface area contributed by atoms with Gasteiger partial charge in [-0.2, -0.15) is 0 Å². The molecule has 7 nitrogen and oxygen atoms in total. The number of rotatable bonds is 8. The molecule has 0 aliphatic carbocycles. The second-order valence-corrected chi connectivity index (χ2v) is 7.01. The molecule has 1 N–H and O–H groups in total. The summed E-state index contributed by atoms with van der Waals surface area (Å²) in [5, 5.41) is 0.737. The van der Waals surface area contributed by atoms with Crippen LogP contribution in [0.15, 0.2) is 65.3 Å². The first-order valence-corrected chi connectivity index (χ1v) is 9.81. The number of hydrogen-bond donors (Lipinski definition) is 1. The lowest BCUT2D eigenvalue weighted by atomic mass is 10.2. The molecule has 0 saturated carbocycles. The fourth-order valence-electron chi connectivity index (χ4n) is 3.62. The number of carbonyl (C=O) groups excluding carboxylic acids is 1. The van der Waals surface area contributed by atoms with Crippen LogP contribution in [0, 0.1) is 0 Å². The summed E-state index contributed by atoms with van der Waals surface area (Å²) < 4.78 is 21.9.